The average molecular weight is 596 g/mol. The first-order valence-electron chi connectivity index (χ1n) is 14.8. The molecule has 4 heterocycles. The lowest BCUT2D eigenvalue weighted by Crippen LogP contribution is -2.00. The Kier molecular flexibility index (Phi) is 5.09. The highest BCUT2D eigenvalue weighted by Crippen LogP contribution is 2.39. The van der Waals surface area contributed by atoms with Gasteiger partial charge in [0.2, 0.25) is 0 Å². The maximum atomic E-state index is 6.44. The normalized spacial score (nSPS) is 12.0. The average Bonchev–Trinajstić information content (AvgIpc) is 3.77. The topological polar surface area (TPSA) is 65.0 Å². The molecule has 0 bridgehead atoms. The van der Waals surface area contributed by atoms with E-state index in [9.17, 15) is 0 Å². The van der Waals surface area contributed by atoms with Crippen LogP contribution in [0.2, 0.25) is 0 Å². The lowest BCUT2D eigenvalue weighted by atomic mass is 10.1. The molecule has 0 spiro atoms. The van der Waals surface area contributed by atoms with Gasteiger partial charge in [-0.1, -0.05) is 84.9 Å². The van der Waals surface area contributed by atoms with Gasteiger partial charge >= 0.3 is 0 Å². The van der Waals surface area contributed by atoms with Crippen LogP contribution >= 0.6 is 11.3 Å². The Morgan fingerprint density at radius 1 is 0.356 bits per heavy atom. The van der Waals surface area contributed by atoms with Crippen LogP contribution in [-0.2, 0) is 0 Å². The zero-order valence-electron chi connectivity index (χ0n) is 23.7. The molecule has 0 aliphatic carbocycles. The van der Waals surface area contributed by atoms with E-state index in [4.69, 9.17) is 23.8 Å². The summed E-state index contributed by atoms with van der Waals surface area (Å²) >= 11 is 1.79. The molecule has 4 aromatic heterocycles. The van der Waals surface area contributed by atoms with Crippen molar-refractivity contribution in [3.05, 3.63) is 127 Å². The van der Waals surface area contributed by atoms with Crippen LogP contribution in [0.3, 0.4) is 0 Å². The molecule has 0 amide bonds. The van der Waals surface area contributed by atoms with Gasteiger partial charge in [0.25, 0.3) is 0 Å². The van der Waals surface area contributed by atoms with Crippen molar-refractivity contribution in [2.75, 3.05) is 0 Å². The largest absolute Gasteiger partial charge is 0.456 e. The molecule has 0 unspecified atom stereocenters. The first-order chi connectivity index (χ1) is 22.2. The summed E-state index contributed by atoms with van der Waals surface area (Å²) in [5.41, 5.74) is 6.06. The summed E-state index contributed by atoms with van der Waals surface area (Å²) in [6.07, 6.45) is 0. The predicted molar refractivity (Wildman–Crippen MR) is 184 cm³/mol. The highest BCUT2D eigenvalue weighted by Gasteiger charge is 2.17. The smallest absolute Gasteiger partial charge is 0.164 e. The molecule has 10 aromatic rings. The van der Waals surface area contributed by atoms with E-state index in [0.29, 0.717) is 17.5 Å². The number of benzene rings is 6. The van der Waals surface area contributed by atoms with Gasteiger partial charge in [-0.25, -0.2) is 15.0 Å². The quantitative estimate of drug-likeness (QED) is 0.203. The number of hydrogen-bond donors (Lipinski definition) is 0. The Hall–Kier alpha value is -5.85. The molecule has 0 fully saturated rings. The fourth-order valence-corrected chi connectivity index (χ4v) is 7.49. The minimum absolute atomic E-state index is 0.595. The molecule has 6 heteroatoms. The van der Waals surface area contributed by atoms with Crippen molar-refractivity contribution in [1.29, 1.82) is 0 Å². The monoisotopic (exact) mass is 595 g/mol. The first kappa shape index (κ1) is 24.6. The molecule has 0 atom stereocenters. The SMILES string of the molecule is c1ccc(-c2nc(-c3ccc4c(c3)oc3cc5c(cc34)oc3ccccc35)nc(-c3ccc4c(c3)sc3ccccc34)n2)cc1. The number of thiophene rings is 1. The van der Waals surface area contributed by atoms with E-state index < -0.39 is 0 Å². The third-order valence-electron chi connectivity index (χ3n) is 8.53. The summed E-state index contributed by atoms with van der Waals surface area (Å²) in [5.74, 6) is 1.86. The summed E-state index contributed by atoms with van der Waals surface area (Å²) in [4.78, 5) is 14.9. The van der Waals surface area contributed by atoms with Crippen molar-refractivity contribution < 1.29 is 8.83 Å². The van der Waals surface area contributed by atoms with Crippen LogP contribution < -0.4 is 0 Å². The van der Waals surface area contributed by atoms with Gasteiger partial charge < -0.3 is 8.83 Å². The van der Waals surface area contributed by atoms with Crippen LogP contribution in [0.25, 0.3) is 98.2 Å². The number of aromatic nitrogens is 3. The highest BCUT2D eigenvalue weighted by atomic mass is 32.1. The first-order valence-corrected chi connectivity index (χ1v) is 15.6. The fourth-order valence-electron chi connectivity index (χ4n) is 6.35. The third-order valence-corrected chi connectivity index (χ3v) is 9.67. The van der Waals surface area contributed by atoms with E-state index in [1.165, 1.54) is 20.2 Å². The number of rotatable bonds is 3. The number of fused-ring (bicyclic) bond motifs is 9. The van der Waals surface area contributed by atoms with E-state index >= 15 is 0 Å². The molecule has 0 radical (unpaired) electrons. The zero-order valence-corrected chi connectivity index (χ0v) is 24.5. The third kappa shape index (κ3) is 3.83. The molecular formula is C39H21N3O2S. The molecule has 0 aliphatic rings. The molecule has 0 saturated carbocycles. The van der Waals surface area contributed by atoms with Crippen molar-refractivity contribution >= 4 is 75.4 Å². The van der Waals surface area contributed by atoms with Crippen LogP contribution in [-0.4, -0.2) is 15.0 Å². The van der Waals surface area contributed by atoms with E-state index in [2.05, 4.69) is 72.8 Å². The van der Waals surface area contributed by atoms with Gasteiger partial charge in [-0.3, -0.25) is 0 Å². The van der Waals surface area contributed by atoms with Gasteiger partial charge in [-0.2, -0.15) is 0 Å². The Morgan fingerprint density at radius 3 is 1.67 bits per heavy atom. The fraction of sp³-hybridized carbons (Fsp3) is 0. The molecular weight excluding hydrogens is 575 g/mol. The molecule has 45 heavy (non-hydrogen) atoms. The maximum Gasteiger partial charge on any atom is 0.164 e. The van der Waals surface area contributed by atoms with Crippen LogP contribution in [0.15, 0.2) is 136 Å². The Bertz CT molecular complexity index is 2770. The Balaban J connectivity index is 1.14. The van der Waals surface area contributed by atoms with Gasteiger partial charge in [-0.15, -0.1) is 11.3 Å². The van der Waals surface area contributed by atoms with E-state index in [-0.39, 0.29) is 0 Å². The molecule has 10 rings (SSSR count). The Labute approximate surface area is 260 Å². The highest BCUT2D eigenvalue weighted by molar-refractivity contribution is 7.25. The van der Waals surface area contributed by atoms with Gasteiger partial charge in [-0.05, 0) is 42.5 Å². The van der Waals surface area contributed by atoms with Gasteiger partial charge in [0.1, 0.15) is 22.3 Å². The minimum atomic E-state index is 0.595. The zero-order chi connectivity index (χ0) is 29.5. The molecule has 0 aliphatic heterocycles. The molecule has 6 aromatic carbocycles. The van der Waals surface area contributed by atoms with E-state index in [1.54, 1.807) is 11.3 Å². The molecule has 0 N–H and O–H groups in total. The number of para-hydroxylation sites is 1. The molecule has 0 saturated heterocycles. The van der Waals surface area contributed by atoms with Crippen LogP contribution in [0.4, 0.5) is 0 Å². The van der Waals surface area contributed by atoms with Crippen molar-refractivity contribution in [2.45, 2.75) is 0 Å². The maximum absolute atomic E-state index is 6.44. The summed E-state index contributed by atoms with van der Waals surface area (Å²) < 4.78 is 15.1. The van der Waals surface area contributed by atoms with Crippen LogP contribution in [0, 0.1) is 0 Å². The lowest BCUT2D eigenvalue weighted by molar-refractivity contribution is 0.664. The van der Waals surface area contributed by atoms with E-state index in [0.717, 1.165) is 60.6 Å². The van der Waals surface area contributed by atoms with Gasteiger partial charge in [0.15, 0.2) is 17.5 Å². The van der Waals surface area contributed by atoms with Gasteiger partial charge in [0.05, 0.1) is 0 Å². The summed E-state index contributed by atoms with van der Waals surface area (Å²) in [6.45, 7) is 0. The minimum Gasteiger partial charge on any atom is -0.456 e. The summed E-state index contributed by atoms with van der Waals surface area (Å²) in [7, 11) is 0. The standard InChI is InChI=1S/C39H21N3O2S/c1-2-8-22(9-3-1)37-40-38(42-39(41-37)24-15-17-28-27-11-5-7-13-35(27)45-36(28)19-24)23-14-16-26-30-21-33-29(20-34(30)44-32(26)18-23)25-10-4-6-12-31(25)43-33/h1-21H. The van der Waals surface area contributed by atoms with Crippen molar-refractivity contribution in [3.63, 3.8) is 0 Å². The summed E-state index contributed by atoms with van der Waals surface area (Å²) in [5, 5.41) is 6.67. The second-order valence-electron chi connectivity index (χ2n) is 11.2. The van der Waals surface area contributed by atoms with Crippen molar-refractivity contribution in [2.24, 2.45) is 0 Å². The number of hydrogen-bond acceptors (Lipinski definition) is 6. The summed E-state index contributed by atoms with van der Waals surface area (Å²) in [6, 6.07) is 43.5. The lowest BCUT2D eigenvalue weighted by Gasteiger charge is -2.08. The number of furan rings is 2. The Morgan fingerprint density at radius 2 is 0.889 bits per heavy atom. The van der Waals surface area contributed by atoms with Gasteiger partial charge in [0, 0.05) is 58.4 Å². The molecule has 5 nitrogen and oxygen atoms in total. The van der Waals surface area contributed by atoms with Crippen molar-refractivity contribution in [3.8, 4) is 34.2 Å². The van der Waals surface area contributed by atoms with Crippen molar-refractivity contribution in [1.82, 2.24) is 15.0 Å². The second kappa shape index (κ2) is 9.32. The van der Waals surface area contributed by atoms with Crippen LogP contribution in [0.5, 0.6) is 0 Å². The number of nitrogens with zero attached hydrogens (tertiary/aromatic N) is 3. The van der Waals surface area contributed by atoms with E-state index in [1.807, 2.05) is 54.6 Å². The molecule has 210 valence electrons. The van der Waals surface area contributed by atoms with Crippen LogP contribution in [0.1, 0.15) is 0 Å². The predicted octanol–water partition coefficient (Wildman–Crippen LogP) is 11.0. The second-order valence-corrected chi connectivity index (χ2v) is 12.3.